The molecule has 0 amide bonds. The van der Waals surface area contributed by atoms with Crippen molar-refractivity contribution in [3.05, 3.63) is 55.4 Å². The van der Waals surface area contributed by atoms with Crippen LogP contribution in [0.4, 0.5) is 0 Å². The Hall–Kier alpha value is -0.450. The lowest BCUT2D eigenvalue weighted by Crippen LogP contribution is -2.18. The average molecular weight is 410 g/mol. The maximum atomic E-state index is 6.18. The summed E-state index contributed by atoms with van der Waals surface area (Å²) < 4.78 is 6.60. The predicted octanol–water partition coefficient (Wildman–Crippen LogP) is 6.09. The number of hydrogen-bond acceptors (Lipinski definition) is 2. The Labute approximate surface area is 147 Å². The standard InChI is InChI=1S/C15H13BrCl3NO/c1-8(20)4-9-5-10(17)2-3-14(9)21-15-7-12(18)11(16)6-13(15)19/h2-3,5-8H,4,20H2,1H3. The van der Waals surface area contributed by atoms with Gasteiger partial charge in [-0.25, -0.2) is 0 Å². The first-order chi connectivity index (χ1) is 9.86. The van der Waals surface area contributed by atoms with Gasteiger partial charge in [0.25, 0.3) is 0 Å². The van der Waals surface area contributed by atoms with Crippen molar-refractivity contribution in [3.8, 4) is 11.5 Å². The van der Waals surface area contributed by atoms with Crippen LogP contribution in [0.2, 0.25) is 15.1 Å². The SMILES string of the molecule is CC(N)Cc1cc(Cl)ccc1Oc1cc(Cl)c(Br)cc1Cl. The number of nitrogens with two attached hydrogens (primary N) is 1. The van der Waals surface area contributed by atoms with Crippen LogP contribution in [0.3, 0.4) is 0 Å². The zero-order valence-corrected chi connectivity index (χ0v) is 15.0. The highest BCUT2D eigenvalue weighted by molar-refractivity contribution is 9.10. The summed E-state index contributed by atoms with van der Waals surface area (Å²) in [6, 6.07) is 8.75. The molecule has 0 fully saturated rings. The average Bonchev–Trinajstić information content (AvgIpc) is 2.38. The van der Waals surface area contributed by atoms with Crippen molar-refractivity contribution in [2.45, 2.75) is 19.4 Å². The van der Waals surface area contributed by atoms with E-state index in [0.717, 1.165) is 5.56 Å². The molecule has 6 heteroatoms. The first-order valence-electron chi connectivity index (χ1n) is 6.23. The third kappa shape index (κ3) is 4.51. The van der Waals surface area contributed by atoms with E-state index in [1.54, 1.807) is 24.3 Å². The van der Waals surface area contributed by atoms with Crippen LogP contribution < -0.4 is 10.5 Å². The van der Waals surface area contributed by atoms with Gasteiger partial charge in [0.15, 0.2) is 0 Å². The molecule has 0 saturated heterocycles. The van der Waals surface area contributed by atoms with Crippen molar-refractivity contribution < 1.29 is 4.74 Å². The molecule has 0 spiro atoms. The van der Waals surface area contributed by atoms with E-state index in [-0.39, 0.29) is 6.04 Å². The maximum Gasteiger partial charge on any atom is 0.147 e. The van der Waals surface area contributed by atoms with E-state index in [1.807, 2.05) is 13.0 Å². The van der Waals surface area contributed by atoms with Gasteiger partial charge in [0, 0.05) is 21.6 Å². The number of benzene rings is 2. The number of halogens is 4. The van der Waals surface area contributed by atoms with Crippen molar-refractivity contribution in [1.29, 1.82) is 0 Å². The summed E-state index contributed by atoms with van der Waals surface area (Å²) in [5, 5.41) is 1.63. The third-order valence-electron chi connectivity index (χ3n) is 2.76. The van der Waals surface area contributed by atoms with Gasteiger partial charge in [-0.2, -0.15) is 0 Å². The molecule has 0 radical (unpaired) electrons. The molecule has 2 N–H and O–H groups in total. The van der Waals surface area contributed by atoms with E-state index in [1.165, 1.54) is 0 Å². The highest BCUT2D eigenvalue weighted by atomic mass is 79.9. The van der Waals surface area contributed by atoms with Crippen LogP contribution in [0.5, 0.6) is 11.5 Å². The van der Waals surface area contributed by atoms with Gasteiger partial charge < -0.3 is 10.5 Å². The molecule has 1 unspecified atom stereocenters. The van der Waals surface area contributed by atoms with Crippen LogP contribution >= 0.6 is 50.7 Å². The number of hydrogen-bond donors (Lipinski definition) is 1. The fraction of sp³-hybridized carbons (Fsp3) is 0.200. The van der Waals surface area contributed by atoms with Gasteiger partial charge in [-0.3, -0.25) is 0 Å². The van der Waals surface area contributed by atoms with Crippen LogP contribution in [0.15, 0.2) is 34.8 Å². The molecule has 0 aliphatic rings. The summed E-state index contributed by atoms with van der Waals surface area (Å²) in [5.41, 5.74) is 6.78. The molecule has 0 bridgehead atoms. The minimum absolute atomic E-state index is 0.00482. The van der Waals surface area contributed by atoms with Gasteiger partial charge in [-0.15, -0.1) is 0 Å². The topological polar surface area (TPSA) is 35.2 Å². The van der Waals surface area contributed by atoms with Crippen molar-refractivity contribution in [2.24, 2.45) is 5.73 Å². The molecule has 0 aliphatic carbocycles. The van der Waals surface area contributed by atoms with E-state index in [0.29, 0.717) is 37.5 Å². The summed E-state index contributed by atoms with van der Waals surface area (Å²) in [7, 11) is 0. The van der Waals surface area contributed by atoms with Crippen LogP contribution in [-0.2, 0) is 6.42 Å². The first kappa shape index (κ1) is 16.9. The Kier molecular flexibility index (Phi) is 5.81. The zero-order valence-electron chi connectivity index (χ0n) is 11.2. The zero-order chi connectivity index (χ0) is 15.6. The monoisotopic (exact) mass is 407 g/mol. The fourth-order valence-electron chi connectivity index (χ4n) is 1.85. The highest BCUT2D eigenvalue weighted by Gasteiger charge is 2.12. The quantitative estimate of drug-likeness (QED) is 0.620. The lowest BCUT2D eigenvalue weighted by molar-refractivity contribution is 0.474. The van der Waals surface area contributed by atoms with E-state index in [4.69, 9.17) is 45.3 Å². The van der Waals surface area contributed by atoms with E-state index in [2.05, 4.69) is 15.9 Å². The molecule has 2 aromatic carbocycles. The van der Waals surface area contributed by atoms with E-state index >= 15 is 0 Å². The van der Waals surface area contributed by atoms with Gasteiger partial charge in [0.05, 0.1) is 10.0 Å². The summed E-state index contributed by atoms with van der Waals surface area (Å²) in [6.07, 6.45) is 0.651. The fourth-order valence-corrected chi connectivity index (χ4v) is 2.88. The second-order valence-corrected chi connectivity index (χ2v) is 6.84. The lowest BCUT2D eigenvalue weighted by Gasteiger charge is -2.14. The maximum absolute atomic E-state index is 6.18. The summed E-state index contributed by atoms with van der Waals surface area (Å²) >= 11 is 21.6. The van der Waals surface area contributed by atoms with Crippen LogP contribution in [0.1, 0.15) is 12.5 Å². The van der Waals surface area contributed by atoms with E-state index < -0.39 is 0 Å². The molecular weight excluding hydrogens is 396 g/mol. The molecule has 0 heterocycles. The second-order valence-electron chi connectivity index (χ2n) is 4.73. The lowest BCUT2D eigenvalue weighted by atomic mass is 10.1. The summed E-state index contributed by atoms with van der Waals surface area (Å²) in [6.45, 7) is 1.92. The molecule has 2 rings (SSSR count). The van der Waals surface area contributed by atoms with Gasteiger partial charge >= 0.3 is 0 Å². The van der Waals surface area contributed by atoms with Gasteiger partial charge in [0.1, 0.15) is 11.5 Å². The van der Waals surface area contributed by atoms with Crippen molar-refractivity contribution in [1.82, 2.24) is 0 Å². The highest BCUT2D eigenvalue weighted by Crippen LogP contribution is 2.38. The Morgan fingerprint density at radius 3 is 2.48 bits per heavy atom. The van der Waals surface area contributed by atoms with Crippen LogP contribution in [0.25, 0.3) is 0 Å². The largest absolute Gasteiger partial charge is 0.455 e. The molecule has 0 saturated carbocycles. The molecule has 112 valence electrons. The van der Waals surface area contributed by atoms with Gasteiger partial charge in [-0.1, -0.05) is 34.8 Å². The van der Waals surface area contributed by atoms with Crippen molar-refractivity contribution in [2.75, 3.05) is 0 Å². The van der Waals surface area contributed by atoms with Crippen LogP contribution in [0, 0.1) is 0 Å². The van der Waals surface area contributed by atoms with Crippen LogP contribution in [-0.4, -0.2) is 6.04 Å². The Morgan fingerprint density at radius 1 is 1.10 bits per heavy atom. The summed E-state index contributed by atoms with van der Waals surface area (Å²) in [4.78, 5) is 0. The minimum atomic E-state index is -0.00482. The van der Waals surface area contributed by atoms with E-state index in [9.17, 15) is 0 Å². The molecule has 21 heavy (non-hydrogen) atoms. The third-order valence-corrected chi connectivity index (χ3v) is 4.49. The molecule has 2 nitrogen and oxygen atoms in total. The normalized spacial score (nSPS) is 12.3. The molecular formula is C15H13BrCl3NO. The van der Waals surface area contributed by atoms with Gasteiger partial charge in [-0.05, 0) is 59.1 Å². The first-order valence-corrected chi connectivity index (χ1v) is 8.16. The molecule has 2 aromatic rings. The molecule has 1 atom stereocenters. The minimum Gasteiger partial charge on any atom is -0.455 e. The van der Waals surface area contributed by atoms with Gasteiger partial charge in [0.2, 0.25) is 0 Å². The summed E-state index contributed by atoms with van der Waals surface area (Å²) in [5.74, 6) is 1.15. The Bertz CT molecular complexity index is 662. The molecule has 0 aromatic heterocycles. The smallest absolute Gasteiger partial charge is 0.147 e. The predicted molar refractivity (Wildman–Crippen MR) is 93.0 cm³/mol. The Balaban J connectivity index is 2.37. The van der Waals surface area contributed by atoms with Crippen molar-refractivity contribution >= 4 is 50.7 Å². The Morgan fingerprint density at radius 2 is 1.81 bits per heavy atom. The second kappa shape index (κ2) is 7.21. The number of rotatable bonds is 4. The molecule has 0 aliphatic heterocycles. The number of ether oxygens (including phenoxy) is 1. The van der Waals surface area contributed by atoms with Crippen molar-refractivity contribution in [3.63, 3.8) is 0 Å².